The topological polar surface area (TPSA) is 87.0 Å². The second kappa shape index (κ2) is 5.83. The molecule has 1 aliphatic heterocycles. The van der Waals surface area contributed by atoms with Gasteiger partial charge in [-0.1, -0.05) is 13.8 Å². The van der Waals surface area contributed by atoms with Crippen LogP contribution in [0.25, 0.3) is 0 Å². The van der Waals surface area contributed by atoms with Gasteiger partial charge in [0.1, 0.15) is 6.61 Å². The third-order valence-electron chi connectivity index (χ3n) is 10.1. The van der Waals surface area contributed by atoms with Crippen molar-refractivity contribution in [2.75, 3.05) is 6.61 Å². The summed E-state index contributed by atoms with van der Waals surface area (Å²) >= 11 is 0. The molecule has 4 fully saturated rings. The number of rotatable bonds is 1. The summed E-state index contributed by atoms with van der Waals surface area (Å²) in [7, 11) is 0. The monoisotopic (exact) mass is 390 g/mol. The molecule has 0 aromatic carbocycles. The Balaban J connectivity index is 1.49. The number of hydrogen-bond acceptors (Lipinski definition) is 5. The number of carbonyl (C=O) groups is 1. The lowest BCUT2D eigenvalue weighted by molar-refractivity contribution is -0.254. The average Bonchev–Trinajstić information content (AvgIpc) is 3.17. The Hall–Kier alpha value is -0.910. The maximum atomic E-state index is 12.1. The molecule has 0 radical (unpaired) electrons. The lowest BCUT2D eigenvalue weighted by Crippen LogP contribution is -2.67. The van der Waals surface area contributed by atoms with E-state index in [0.717, 1.165) is 50.5 Å². The first kappa shape index (κ1) is 19.1. The van der Waals surface area contributed by atoms with Crippen LogP contribution in [0.1, 0.15) is 71.6 Å². The number of ether oxygens (including phenoxy) is 1. The highest BCUT2D eigenvalue weighted by Gasteiger charge is 2.70. The SMILES string of the molecule is C[C@]12CC[C@@H](O)C[C@@]1(O)CC[C@@H]1[C@@H]2CC[C@]2(C)[C@@H](C3=CC(=O)OC3)CC[C@@]12O. The highest BCUT2D eigenvalue weighted by atomic mass is 16.5. The summed E-state index contributed by atoms with van der Waals surface area (Å²) in [6, 6.07) is 0. The zero-order valence-electron chi connectivity index (χ0n) is 17.1. The number of carbonyl (C=O) groups excluding carboxylic acids is 1. The number of cyclic esters (lactones) is 1. The Kier molecular flexibility index (Phi) is 3.97. The average molecular weight is 391 g/mol. The summed E-state index contributed by atoms with van der Waals surface area (Å²) in [5.41, 5.74) is -0.999. The Labute approximate surface area is 167 Å². The van der Waals surface area contributed by atoms with Crippen LogP contribution in [-0.2, 0) is 9.53 Å². The molecule has 156 valence electrons. The normalized spacial score (nSPS) is 55.8. The van der Waals surface area contributed by atoms with Gasteiger partial charge < -0.3 is 20.1 Å². The number of aliphatic hydroxyl groups is 3. The van der Waals surface area contributed by atoms with Crippen molar-refractivity contribution < 1.29 is 24.9 Å². The van der Waals surface area contributed by atoms with Crippen molar-refractivity contribution in [2.24, 2.45) is 28.6 Å². The Morgan fingerprint density at radius 2 is 1.68 bits per heavy atom. The van der Waals surface area contributed by atoms with Crippen molar-refractivity contribution >= 4 is 5.97 Å². The first-order chi connectivity index (χ1) is 13.1. The van der Waals surface area contributed by atoms with Crippen molar-refractivity contribution in [2.45, 2.75) is 88.9 Å². The third-order valence-corrected chi connectivity index (χ3v) is 10.1. The molecule has 0 spiro atoms. The van der Waals surface area contributed by atoms with E-state index in [1.807, 2.05) is 0 Å². The minimum atomic E-state index is -0.817. The molecule has 5 nitrogen and oxygen atoms in total. The number of hydrogen-bond donors (Lipinski definition) is 3. The van der Waals surface area contributed by atoms with E-state index in [-0.39, 0.29) is 34.6 Å². The van der Waals surface area contributed by atoms with E-state index < -0.39 is 17.3 Å². The van der Waals surface area contributed by atoms with Crippen molar-refractivity contribution in [3.63, 3.8) is 0 Å². The van der Waals surface area contributed by atoms with Crippen molar-refractivity contribution in [3.8, 4) is 0 Å². The smallest absolute Gasteiger partial charge is 0.331 e. The van der Waals surface area contributed by atoms with E-state index in [0.29, 0.717) is 19.4 Å². The lowest BCUT2D eigenvalue weighted by Gasteiger charge is -2.66. The minimum Gasteiger partial charge on any atom is -0.458 e. The second-order valence-corrected chi connectivity index (χ2v) is 10.9. The van der Waals surface area contributed by atoms with E-state index in [2.05, 4.69) is 13.8 Å². The van der Waals surface area contributed by atoms with E-state index in [1.165, 1.54) is 0 Å². The van der Waals surface area contributed by atoms with Crippen LogP contribution in [0.5, 0.6) is 0 Å². The zero-order chi connectivity index (χ0) is 19.9. The molecule has 0 saturated heterocycles. The van der Waals surface area contributed by atoms with Gasteiger partial charge in [-0.2, -0.15) is 0 Å². The van der Waals surface area contributed by atoms with Crippen LogP contribution in [0.3, 0.4) is 0 Å². The van der Waals surface area contributed by atoms with Crippen molar-refractivity contribution in [1.29, 1.82) is 0 Å². The lowest BCUT2D eigenvalue weighted by atomic mass is 9.42. The predicted octanol–water partition coefficient (Wildman–Crippen LogP) is 2.72. The molecule has 4 saturated carbocycles. The standard InChI is InChI=1S/C23H34O5/c1-20-7-3-15(24)12-22(20,26)9-5-18-17(20)4-8-21(2)16(6-10-23(18,21)27)14-11-19(25)28-13-14/h11,15-18,24,26-27H,3-10,12-13H2,1-2H3/t15-,16-,17+,18-,20-,21-,22+,23-/m1/s1. The summed E-state index contributed by atoms with van der Waals surface area (Å²) in [5, 5.41) is 33.8. The van der Waals surface area contributed by atoms with Crippen molar-refractivity contribution in [1.82, 2.24) is 0 Å². The first-order valence-corrected chi connectivity index (χ1v) is 11.1. The van der Waals surface area contributed by atoms with E-state index >= 15 is 0 Å². The zero-order valence-corrected chi connectivity index (χ0v) is 17.1. The van der Waals surface area contributed by atoms with Gasteiger partial charge in [0.05, 0.1) is 17.3 Å². The Morgan fingerprint density at radius 1 is 0.964 bits per heavy atom. The van der Waals surface area contributed by atoms with Crippen LogP contribution in [-0.4, -0.2) is 45.2 Å². The maximum Gasteiger partial charge on any atom is 0.331 e. The maximum absolute atomic E-state index is 12.1. The molecule has 0 unspecified atom stereocenters. The van der Waals surface area contributed by atoms with Gasteiger partial charge in [0, 0.05) is 17.9 Å². The molecular formula is C23H34O5. The molecule has 0 amide bonds. The fraction of sp³-hybridized carbons (Fsp3) is 0.870. The first-order valence-electron chi connectivity index (χ1n) is 11.1. The fourth-order valence-electron chi connectivity index (χ4n) is 8.38. The summed E-state index contributed by atoms with van der Waals surface area (Å²) in [6.45, 7) is 4.80. The minimum absolute atomic E-state index is 0.176. The van der Waals surface area contributed by atoms with Gasteiger partial charge in [0.25, 0.3) is 0 Å². The molecular weight excluding hydrogens is 356 g/mol. The highest BCUT2D eigenvalue weighted by molar-refractivity contribution is 5.85. The fourth-order valence-corrected chi connectivity index (χ4v) is 8.38. The van der Waals surface area contributed by atoms with Crippen LogP contribution in [0.4, 0.5) is 0 Å². The van der Waals surface area contributed by atoms with Gasteiger partial charge in [-0.15, -0.1) is 0 Å². The number of aliphatic hydroxyl groups excluding tert-OH is 1. The van der Waals surface area contributed by atoms with Gasteiger partial charge in [-0.3, -0.25) is 0 Å². The van der Waals surface area contributed by atoms with Gasteiger partial charge in [-0.25, -0.2) is 4.79 Å². The molecule has 1 heterocycles. The molecule has 0 bridgehead atoms. The molecule has 4 aliphatic carbocycles. The molecule has 0 aromatic heterocycles. The third kappa shape index (κ3) is 2.21. The largest absolute Gasteiger partial charge is 0.458 e. The Morgan fingerprint density at radius 3 is 2.39 bits per heavy atom. The van der Waals surface area contributed by atoms with Crippen LogP contribution in [0.15, 0.2) is 11.6 Å². The van der Waals surface area contributed by atoms with Gasteiger partial charge in [0.2, 0.25) is 0 Å². The summed E-state index contributed by atoms with van der Waals surface area (Å²) in [6.07, 6.45) is 8.33. The molecule has 8 atom stereocenters. The molecule has 5 aliphatic rings. The van der Waals surface area contributed by atoms with Crippen LogP contribution >= 0.6 is 0 Å². The summed E-state index contributed by atoms with van der Waals surface area (Å²) in [4.78, 5) is 11.6. The molecule has 3 N–H and O–H groups in total. The van der Waals surface area contributed by atoms with Crippen molar-refractivity contribution in [3.05, 3.63) is 11.6 Å². The summed E-state index contributed by atoms with van der Waals surface area (Å²) < 4.78 is 5.18. The predicted molar refractivity (Wildman–Crippen MR) is 103 cm³/mol. The van der Waals surface area contributed by atoms with Gasteiger partial charge in [-0.05, 0) is 80.1 Å². The van der Waals surface area contributed by atoms with Crippen LogP contribution < -0.4 is 0 Å². The second-order valence-electron chi connectivity index (χ2n) is 10.9. The summed E-state index contributed by atoms with van der Waals surface area (Å²) in [5.74, 6) is 0.409. The number of esters is 1. The van der Waals surface area contributed by atoms with E-state index in [1.54, 1.807) is 6.08 Å². The molecule has 5 rings (SSSR count). The van der Waals surface area contributed by atoms with Gasteiger partial charge in [0.15, 0.2) is 0 Å². The quantitative estimate of drug-likeness (QED) is 0.599. The molecule has 0 aromatic rings. The van der Waals surface area contributed by atoms with E-state index in [4.69, 9.17) is 4.74 Å². The highest BCUT2D eigenvalue weighted by Crippen LogP contribution is 2.70. The van der Waals surface area contributed by atoms with E-state index in [9.17, 15) is 20.1 Å². The van der Waals surface area contributed by atoms with Crippen LogP contribution in [0.2, 0.25) is 0 Å². The molecule has 28 heavy (non-hydrogen) atoms. The number of fused-ring (bicyclic) bond motifs is 5. The molecule has 5 heteroatoms. The van der Waals surface area contributed by atoms with Gasteiger partial charge >= 0.3 is 5.97 Å². The van der Waals surface area contributed by atoms with Crippen LogP contribution in [0, 0.1) is 28.6 Å². The Bertz CT molecular complexity index is 733.